The van der Waals surface area contributed by atoms with E-state index in [2.05, 4.69) is 34.9 Å². The summed E-state index contributed by atoms with van der Waals surface area (Å²) in [6, 6.07) is 8.49. The predicted molar refractivity (Wildman–Crippen MR) is 89.4 cm³/mol. The van der Waals surface area contributed by atoms with Crippen LogP contribution in [-0.2, 0) is 11.2 Å². The summed E-state index contributed by atoms with van der Waals surface area (Å²) in [5, 5.41) is 15.9. The third kappa shape index (κ3) is 4.00. The van der Waals surface area contributed by atoms with Gasteiger partial charge in [-0.05, 0) is 36.3 Å². The number of carbonyl (C=O) groups excluding carboxylic acids is 1. The fraction of sp³-hybridized carbons (Fsp3) is 0.588. The molecule has 0 aromatic heterocycles. The van der Waals surface area contributed by atoms with Gasteiger partial charge in [-0.25, -0.2) is 0 Å². The summed E-state index contributed by atoms with van der Waals surface area (Å²) in [5.41, 5.74) is 2.75. The normalized spacial score (nSPS) is 26.9. The number of hydrogen-bond donors (Lipinski definition) is 3. The number of hydrogen-bond acceptors (Lipinski definition) is 3. The fourth-order valence-corrected chi connectivity index (χ4v) is 3.53. The van der Waals surface area contributed by atoms with Gasteiger partial charge in [-0.3, -0.25) is 4.79 Å². The van der Waals surface area contributed by atoms with Crippen molar-refractivity contribution in [1.82, 2.24) is 10.6 Å². The molecule has 3 unspecified atom stereocenters. The Labute approximate surface area is 138 Å². The molecule has 3 rings (SSSR count). The van der Waals surface area contributed by atoms with Gasteiger partial charge in [-0.1, -0.05) is 24.3 Å². The van der Waals surface area contributed by atoms with Crippen LogP contribution in [0.25, 0.3) is 0 Å². The minimum Gasteiger partial charge on any atom is -0.391 e. The van der Waals surface area contributed by atoms with Gasteiger partial charge in [0.2, 0.25) is 5.91 Å². The Morgan fingerprint density at radius 2 is 2.14 bits per heavy atom. The zero-order valence-corrected chi connectivity index (χ0v) is 13.6. The standard InChI is InChI=1S/C17H24N2O2.ClH/c20-16-11-18-9-14(16)10-19-17(21)8-13-6-3-5-12-4-1-2-7-15(12)13;/h1-2,4,7,13-14,16,18,20H,3,5-6,8-11H2,(H,19,21);1H. The average molecular weight is 325 g/mol. The first-order valence-electron chi connectivity index (χ1n) is 7.97. The van der Waals surface area contributed by atoms with Crippen LogP contribution in [0.3, 0.4) is 0 Å². The van der Waals surface area contributed by atoms with Gasteiger partial charge in [0.15, 0.2) is 0 Å². The number of aliphatic hydroxyl groups is 1. The topological polar surface area (TPSA) is 61.4 Å². The number of carbonyl (C=O) groups is 1. The molecule has 0 bridgehead atoms. The monoisotopic (exact) mass is 324 g/mol. The van der Waals surface area contributed by atoms with E-state index >= 15 is 0 Å². The van der Waals surface area contributed by atoms with Gasteiger partial charge in [0, 0.05) is 32.0 Å². The Hall–Kier alpha value is -1.10. The third-order valence-corrected chi connectivity index (χ3v) is 4.79. The molecule has 4 nitrogen and oxygen atoms in total. The molecule has 5 heteroatoms. The highest BCUT2D eigenvalue weighted by Crippen LogP contribution is 2.33. The number of rotatable bonds is 4. The predicted octanol–water partition coefficient (Wildman–Crippen LogP) is 1.61. The highest BCUT2D eigenvalue weighted by Gasteiger charge is 2.26. The lowest BCUT2D eigenvalue weighted by atomic mass is 9.81. The second-order valence-electron chi connectivity index (χ2n) is 6.28. The molecular formula is C17H25ClN2O2. The van der Waals surface area contributed by atoms with Crippen molar-refractivity contribution in [3.63, 3.8) is 0 Å². The highest BCUT2D eigenvalue weighted by molar-refractivity contribution is 5.85. The van der Waals surface area contributed by atoms with Crippen molar-refractivity contribution in [2.75, 3.05) is 19.6 Å². The van der Waals surface area contributed by atoms with E-state index in [1.165, 1.54) is 17.5 Å². The van der Waals surface area contributed by atoms with Crippen molar-refractivity contribution in [3.05, 3.63) is 35.4 Å². The molecule has 3 N–H and O–H groups in total. The summed E-state index contributed by atoms with van der Waals surface area (Å²) in [5.74, 6) is 0.602. The average Bonchev–Trinajstić information content (AvgIpc) is 2.91. The summed E-state index contributed by atoms with van der Waals surface area (Å²) in [7, 11) is 0. The van der Waals surface area contributed by atoms with E-state index in [4.69, 9.17) is 0 Å². The SMILES string of the molecule is Cl.O=C(CC1CCCc2ccccc21)NCC1CNCC1O. The molecule has 1 fully saturated rings. The number of β-amino-alcohol motifs (C(OH)–C–C–N with tert-alkyl or cyclic N) is 1. The lowest BCUT2D eigenvalue weighted by Crippen LogP contribution is -2.35. The molecule has 1 aromatic rings. The van der Waals surface area contributed by atoms with Crippen LogP contribution in [0.4, 0.5) is 0 Å². The van der Waals surface area contributed by atoms with Crippen molar-refractivity contribution >= 4 is 18.3 Å². The number of benzene rings is 1. The Balaban J connectivity index is 0.00000176. The van der Waals surface area contributed by atoms with Crippen molar-refractivity contribution in [2.45, 2.75) is 37.7 Å². The summed E-state index contributed by atoms with van der Waals surface area (Å²) in [6.07, 6.45) is 3.63. The van der Waals surface area contributed by atoms with Crippen molar-refractivity contribution in [2.24, 2.45) is 5.92 Å². The molecule has 1 amide bonds. The maximum absolute atomic E-state index is 12.2. The molecule has 1 aliphatic heterocycles. The number of halogens is 1. The molecule has 2 aliphatic rings. The van der Waals surface area contributed by atoms with Gasteiger partial charge in [0.25, 0.3) is 0 Å². The van der Waals surface area contributed by atoms with Crippen LogP contribution in [0.2, 0.25) is 0 Å². The lowest BCUT2D eigenvalue weighted by molar-refractivity contribution is -0.121. The van der Waals surface area contributed by atoms with Crippen LogP contribution in [0.1, 0.15) is 36.3 Å². The maximum Gasteiger partial charge on any atom is 0.220 e. The Kier molecular flexibility index (Phi) is 6.24. The van der Waals surface area contributed by atoms with E-state index in [9.17, 15) is 9.90 Å². The molecule has 1 saturated heterocycles. The van der Waals surface area contributed by atoms with Gasteiger partial charge in [0.1, 0.15) is 0 Å². The number of amides is 1. The summed E-state index contributed by atoms with van der Waals surface area (Å²) >= 11 is 0. The smallest absolute Gasteiger partial charge is 0.220 e. The van der Waals surface area contributed by atoms with Crippen LogP contribution >= 0.6 is 12.4 Å². The van der Waals surface area contributed by atoms with E-state index in [1.807, 2.05) is 0 Å². The molecule has 0 spiro atoms. The second-order valence-corrected chi connectivity index (χ2v) is 6.28. The molecule has 1 heterocycles. The Bertz CT molecular complexity index is 509. The zero-order chi connectivity index (χ0) is 14.7. The van der Waals surface area contributed by atoms with E-state index in [0.29, 0.717) is 25.4 Å². The van der Waals surface area contributed by atoms with Crippen LogP contribution in [0, 0.1) is 5.92 Å². The number of aliphatic hydroxyl groups excluding tert-OH is 1. The minimum atomic E-state index is -0.333. The first kappa shape index (κ1) is 17.3. The van der Waals surface area contributed by atoms with Crippen LogP contribution in [0.5, 0.6) is 0 Å². The van der Waals surface area contributed by atoms with Gasteiger partial charge in [0.05, 0.1) is 6.10 Å². The minimum absolute atomic E-state index is 0. The molecule has 0 saturated carbocycles. The van der Waals surface area contributed by atoms with Gasteiger partial charge in [-0.15, -0.1) is 12.4 Å². The maximum atomic E-state index is 12.2. The largest absolute Gasteiger partial charge is 0.391 e. The zero-order valence-electron chi connectivity index (χ0n) is 12.8. The van der Waals surface area contributed by atoms with Crippen LogP contribution < -0.4 is 10.6 Å². The molecule has 122 valence electrons. The molecule has 1 aliphatic carbocycles. The van der Waals surface area contributed by atoms with E-state index in [1.54, 1.807) is 0 Å². The fourth-order valence-electron chi connectivity index (χ4n) is 3.53. The Morgan fingerprint density at radius 1 is 1.32 bits per heavy atom. The molecular weight excluding hydrogens is 300 g/mol. The number of nitrogens with one attached hydrogen (secondary N) is 2. The van der Waals surface area contributed by atoms with Crippen LogP contribution in [0.15, 0.2) is 24.3 Å². The number of fused-ring (bicyclic) bond motifs is 1. The van der Waals surface area contributed by atoms with Crippen molar-refractivity contribution in [3.8, 4) is 0 Å². The molecule has 22 heavy (non-hydrogen) atoms. The quantitative estimate of drug-likeness (QED) is 0.788. The van der Waals surface area contributed by atoms with Gasteiger partial charge in [-0.2, -0.15) is 0 Å². The van der Waals surface area contributed by atoms with E-state index in [-0.39, 0.29) is 30.3 Å². The lowest BCUT2D eigenvalue weighted by Gasteiger charge is -2.25. The third-order valence-electron chi connectivity index (χ3n) is 4.79. The van der Waals surface area contributed by atoms with Gasteiger partial charge < -0.3 is 15.7 Å². The number of aryl methyl sites for hydroxylation is 1. The molecule has 3 atom stereocenters. The first-order chi connectivity index (χ1) is 10.2. The first-order valence-corrected chi connectivity index (χ1v) is 7.97. The van der Waals surface area contributed by atoms with E-state index < -0.39 is 0 Å². The summed E-state index contributed by atoms with van der Waals surface area (Å²) < 4.78 is 0. The van der Waals surface area contributed by atoms with Crippen molar-refractivity contribution in [1.29, 1.82) is 0 Å². The summed E-state index contributed by atoms with van der Waals surface area (Å²) in [6.45, 7) is 1.99. The molecule has 0 radical (unpaired) electrons. The van der Waals surface area contributed by atoms with Crippen molar-refractivity contribution < 1.29 is 9.90 Å². The van der Waals surface area contributed by atoms with Gasteiger partial charge >= 0.3 is 0 Å². The summed E-state index contributed by atoms with van der Waals surface area (Å²) in [4.78, 5) is 12.2. The second kappa shape index (κ2) is 7.95. The van der Waals surface area contributed by atoms with E-state index in [0.717, 1.165) is 19.4 Å². The Morgan fingerprint density at radius 3 is 2.91 bits per heavy atom. The molecule has 1 aromatic carbocycles. The highest BCUT2D eigenvalue weighted by atomic mass is 35.5. The van der Waals surface area contributed by atoms with Crippen LogP contribution in [-0.4, -0.2) is 36.8 Å².